The highest BCUT2D eigenvalue weighted by molar-refractivity contribution is 7.98. The van der Waals surface area contributed by atoms with Gasteiger partial charge in [-0.1, -0.05) is 37.7 Å². The summed E-state index contributed by atoms with van der Waals surface area (Å²) >= 11 is 1.20. The predicted molar refractivity (Wildman–Crippen MR) is 125 cm³/mol. The van der Waals surface area contributed by atoms with Crippen molar-refractivity contribution in [2.45, 2.75) is 30.2 Å². The van der Waals surface area contributed by atoms with Crippen molar-refractivity contribution < 1.29 is 27.5 Å². The number of rotatable bonds is 7. The number of benzene rings is 3. The molecule has 4 nitrogen and oxygen atoms in total. The van der Waals surface area contributed by atoms with E-state index in [1.807, 2.05) is 13.8 Å². The average Bonchev–Trinajstić information content (AvgIpc) is 3.25. The van der Waals surface area contributed by atoms with Crippen molar-refractivity contribution >= 4 is 17.7 Å². The van der Waals surface area contributed by atoms with Crippen LogP contribution in [0.25, 0.3) is 5.69 Å². The van der Waals surface area contributed by atoms with E-state index in [1.54, 1.807) is 22.9 Å². The van der Waals surface area contributed by atoms with Gasteiger partial charge in [0, 0.05) is 16.9 Å². The van der Waals surface area contributed by atoms with Crippen molar-refractivity contribution in [3.63, 3.8) is 0 Å². The molecular weight excluding hydrogens is 480 g/mol. The van der Waals surface area contributed by atoms with Crippen LogP contribution in [0.5, 0.6) is 0 Å². The van der Waals surface area contributed by atoms with E-state index in [0.717, 1.165) is 18.2 Å². The Bertz CT molecular complexity index is 1400. The molecule has 1 heterocycles. The van der Waals surface area contributed by atoms with Gasteiger partial charge in [0.05, 0.1) is 17.5 Å². The number of aromatic nitrogens is 2. The van der Waals surface area contributed by atoms with Gasteiger partial charge < -0.3 is 5.11 Å². The smallest absolute Gasteiger partial charge is 0.335 e. The summed E-state index contributed by atoms with van der Waals surface area (Å²) in [5.41, 5.74) is 1.02. The molecule has 0 bridgehead atoms. The number of thioether (sulfide) groups is 1. The fourth-order valence-electron chi connectivity index (χ4n) is 3.69. The normalized spacial score (nSPS) is 11.6. The van der Waals surface area contributed by atoms with E-state index < -0.39 is 34.7 Å². The minimum absolute atomic E-state index is 0.148. The summed E-state index contributed by atoms with van der Waals surface area (Å²) in [5, 5.41) is 9.50. The summed E-state index contributed by atoms with van der Waals surface area (Å²) in [4.78, 5) is 15.6. The highest BCUT2D eigenvalue weighted by atomic mass is 32.2. The molecule has 0 spiro atoms. The Morgan fingerprint density at radius 2 is 1.66 bits per heavy atom. The SMILES string of the molecule is CC(C)(c1ccc(F)c(F)c1)c1cnc(SCc2ccc(C(=O)O)cc2F)n1-c1ccc(F)cc1. The maximum Gasteiger partial charge on any atom is 0.335 e. The number of imidazole rings is 1. The van der Waals surface area contributed by atoms with Crippen LogP contribution in [0.15, 0.2) is 72.0 Å². The molecule has 0 saturated heterocycles. The monoisotopic (exact) mass is 500 g/mol. The third kappa shape index (κ3) is 4.95. The zero-order chi connectivity index (χ0) is 25.3. The topological polar surface area (TPSA) is 55.1 Å². The van der Waals surface area contributed by atoms with Crippen LogP contribution >= 0.6 is 11.8 Å². The number of hydrogen-bond donors (Lipinski definition) is 1. The molecule has 0 saturated carbocycles. The summed E-state index contributed by atoms with van der Waals surface area (Å²) < 4.78 is 57.4. The van der Waals surface area contributed by atoms with Crippen molar-refractivity contribution in [2.75, 3.05) is 0 Å². The Morgan fingerprint density at radius 3 is 2.29 bits per heavy atom. The van der Waals surface area contributed by atoms with Gasteiger partial charge in [-0.05, 0) is 59.7 Å². The number of carboxylic acid groups (broad SMARTS) is 1. The molecule has 4 rings (SSSR count). The third-order valence-corrected chi connectivity index (χ3v) is 6.75. The molecule has 35 heavy (non-hydrogen) atoms. The molecule has 3 aromatic carbocycles. The first-order chi connectivity index (χ1) is 16.6. The lowest BCUT2D eigenvalue weighted by Gasteiger charge is -2.27. The molecule has 0 radical (unpaired) electrons. The summed E-state index contributed by atoms with van der Waals surface area (Å²) in [6.07, 6.45) is 1.59. The van der Waals surface area contributed by atoms with E-state index in [2.05, 4.69) is 4.98 Å². The zero-order valence-electron chi connectivity index (χ0n) is 18.7. The van der Waals surface area contributed by atoms with Crippen molar-refractivity contribution in [3.8, 4) is 5.69 Å². The van der Waals surface area contributed by atoms with E-state index >= 15 is 0 Å². The van der Waals surface area contributed by atoms with Gasteiger partial charge in [-0.2, -0.15) is 0 Å². The first kappa shape index (κ1) is 24.5. The summed E-state index contributed by atoms with van der Waals surface area (Å²) in [6.45, 7) is 3.66. The lowest BCUT2D eigenvalue weighted by Crippen LogP contribution is -2.23. The fraction of sp³-hybridized carbons (Fsp3) is 0.154. The van der Waals surface area contributed by atoms with Gasteiger partial charge >= 0.3 is 5.97 Å². The maximum atomic E-state index is 14.5. The Labute approximate surface area is 203 Å². The minimum Gasteiger partial charge on any atom is -0.478 e. The Balaban J connectivity index is 1.75. The highest BCUT2D eigenvalue weighted by Gasteiger charge is 2.30. The number of carbonyl (C=O) groups is 1. The third-order valence-electron chi connectivity index (χ3n) is 5.75. The molecule has 0 fully saturated rings. The van der Waals surface area contributed by atoms with Crippen LogP contribution in [-0.4, -0.2) is 20.6 Å². The largest absolute Gasteiger partial charge is 0.478 e. The average molecular weight is 501 g/mol. The van der Waals surface area contributed by atoms with Gasteiger partial charge in [-0.15, -0.1) is 0 Å². The van der Waals surface area contributed by atoms with Crippen LogP contribution in [0, 0.1) is 23.3 Å². The van der Waals surface area contributed by atoms with Crippen LogP contribution in [0.4, 0.5) is 17.6 Å². The van der Waals surface area contributed by atoms with Crippen LogP contribution in [-0.2, 0) is 11.2 Å². The van der Waals surface area contributed by atoms with Gasteiger partial charge in [0.15, 0.2) is 16.8 Å². The van der Waals surface area contributed by atoms with Crippen molar-refractivity contribution in [2.24, 2.45) is 0 Å². The van der Waals surface area contributed by atoms with E-state index in [0.29, 0.717) is 22.1 Å². The molecule has 0 amide bonds. The number of halogens is 4. The van der Waals surface area contributed by atoms with Gasteiger partial charge in [-0.25, -0.2) is 27.3 Å². The molecule has 0 aliphatic heterocycles. The van der Waals surface area contributed by atoms with Crippen LogP contribution in [0.3, 0.4) is 0 Å². The molecule has 0 aliphatic rings. The van der Waals surface area contributed by atoms with Crippen molar-refractivity contribution in [1.29, 1.82) is 0 Å². The molecule has 0 unspecified atom stereocenters. The van der Waals surface area contributed by atoms with Crippen LogP contribution in [0.1, 0.15) is 41.0 Å². The van der Waals surface area contributed by atoms with Gasteiger partial charge in [0.1, 0.15) is 11.6 Å². The molecule has 0 atom stereocenters. The highest BCUT2D eigenvalue weighted by Crippen LogP contribution is 2.37. The molecule has 9 heteroatoms. The first-order valence-electron chi connectivity index (χ1n) is 10.5. The fourth-order valence-corrected chi connectivity index (χ4v) is 4.67. The second kappa shape index (κ2) is 9.58. The molecule has 1 N–H and O–H groups in total. The van der Waals surface area contributed by atoms with Gasteiger partial charge in [-0.3, -0.25) is 4.57 Å². The first-order valence-corrected chi connectivity index (χ1v) is 11.5. The van der Waals surface area contributed by atoms with Crippen LogP contribution < -0.4 is 0 Å². The zero-order valence-corrected chi connectivity index (χ0v) is 19.5. The van der Waals surface area contributed by atoms with E-state index in [-0.39, 0.29) is 16.9 Å². The number of nitrogens with zero attached hydrogens (tertiary/aromatic N) is 2. The summed E-state index contributed by atoms with van der Waals surface area (Å²) in [5.74, 6) is -4.08. The Morgan fingerprint density at radius 1 is 0.943 bits per heavy atom. The molecule has 180 valence electrons. The van der Waals surface area contributed by atoms with E-state index in [1.165, 1.54) is 42.1 Å². The molecule has 0 aliphatic carbocycles. The van der Waals surface area contributed by atoms with Crippen molar-refractivity contribution in [3.05, 3.63) is 113 Å². The van der Waals surface area contributed by atoms with Gasteiger partial charge in [0.25, 0.3) is 0 Å². The van der Waals surface area contributed by atoms with Crippen molar-refractivity contribution in [1.82, 2.24) is 9.55 Å². The second-order valence-corrected chi connectivity index (χ2v) is 9.33. The Hall–Kier alpha value is -3.59. The molecular formula is C26H20F4N2O2S. The second-order valence-electron chi connectivity index (χ2n) is 8.39. The number of aromatic carboxylic acids is 1. The van der Waals surface area contributed by atoms with Gasteiger partial charge in [0.2, 0.25) is 0 Å². The predicted octanol–water partition coefficient (Wildman–Crippen LogP) is 6.75. The summed E-state index contributed by atoms with van der Waals surface area (Å²) in [6, 6.07) is 13.1. The van der Waals surface area contributed by atoms with Crippen LogP contribution in [0.2, 0.25) is 0 Å². The van der Waals surface area contributed by atoms with E-state index in [4.69, 9.17) is 5.11 Å². The minimum atomic E-state index is -1.22. The Kier molecular flexibility index (Phi) is 6.71. The molecule has 1 aromatic heterocycles. The number of hydrogen-bond acceptors (Lipinski definition) is 3. The maximum absolute atomic E-state index is 14.5. The molecule has 4 aromatic rings. The lowest BCUT2D eigenvalue weighted by molar-refractivity contribution is 0.0696. The standard InChI is InChI=1S/C26H20F4N2O2S/c1-26(2,17-5-10-20(28)22(30)12-17)23-13-31-25(32(23)19-8-6-18(27)7-9-19)35-14-16-4-3-15(24(33)34)11-21(16)29/h3-13H,14H2,1-2H3,(H,33,34). The quantitative estimate of drug-likeness (QED) is 0.225. The number of carboxylic acids is 1. The summed E-state index contributed by atoms with van der Waals surface area (Å²) in [7, 11) is 0. The lowest BCUT2D eigenvalue weighted by atomic mass is 9.81. The van der Waals surface area contributed by atoms with E-state index in [9.17, 15) is 22.4 Å².